The van der Waals surface area contributed by atoms with Gasteiger partial charge in [-0.25, -0.2) is 0 Å². The molecule has 4 nitrogen and oxygen atoms in total. The standard InChI is InChI=1S/C13H18ClNO3/c1-9-8-11(14)4-5-12(9)18-10(2)13(17)15(3)6-7-16/h4-5,8,10,16H,6-7H2,1-3H3. The van der Waals surface area contributed by atoms with Crippen LogP contribution in [0.25, 0.3) is 0 Å². The van der Waals surface area contributed by atoms with Gasteiger partial charge >= 0.3 is 0 Å². The second-order valence-corrected chi connectivity index (χ2v) is 4.59. The molecule has 0 aromatic heterocycles. The molecule has 1 N–H and O–H groups in total. The van der Waals surface area contributed by atoms with Crippen molar-refractivity contribution in [3.63, 3.8) is 0 Å². The van der Waals surface area contributed by atoms with Gasteiger partial charge in [0, 0.05) is 18.6 Å². The minimum Gasteiger partial charge on any atom is -0.481 e. The van der Waals surface area contributed by atoms with E-state index in [-0.39, 0.29) is 12.5 Å². The van der Waals surface area contributed by atoms with Crippen molar-refractivity contribution < 1.29 is 14.6 Å². The first kappa shape index (κ1) is 14.8. The van der Waals surface area contributed by atoms with E-state index in [1.165, 1.54) is 4.90 Å². The summed E-state index contributed by atoms with van der Waals surface area (Å²) in [5.74, 6) is 0.469. The van der Waals surface area contributed by atoms with Gasteiger partial charge in [0.1, 0.15) is 5.75 Å². The summed E-state index contributed by atoms with van der Waals surface area (Å²) >= 11 is 5.85. The number of aliphatic hydroxyl groups is 1. The number of amides is 1. The highest BCUT2D eigenvalue weighted by Gasteiger charge is 2.19. The Balaban J connectivity index is 2.69. The van der Waals surface area contributed by atoms with Gasteiger partial charge in [0.05, 0.1) is 6.61 Å². The summed E-state index contributed by atoms with van der Waals surface area (Å²) < 4.78 is 5.60. The normalized spacial score (nSPS) is 12.1. The van der Waals surface area contributed by atoms with Crippen LogP contribution in [0.1, 0.15) is 12.5 Å². The molecular weight excluding hydrogens is 254 g/mol. The first-order valence-electron chi connectivity index (χ1n) is 5.74. The van der Waals surface area contributed by atoms with E-state index in [9.17, 15) is 4.79 Å². The Morgan fingerprint density at radius 2 is 2.22 bits per heavy atom. The lowest BCUT2D eigenvalue weighted by atomic mass is 10.2. The fourth-order valence-corrected chi connectivity index (χ4v) is 1.78. The lowest BCUT2D eigenvalue weighted by molar-refractivity contribution is -0.137. The molecule has 5 heteroatoms. The van der Waals surface area contributed by atoms with Crippen LogP contribution in [0.4, 0.5) is 0 Å². The molecule has 0 aliphatic carbocycles. The van der Waals surface area contributed by atoms with E-state index in [4.69, 9.17) is 21.4 Å². The van der Waals surface area contributed by atoms with E-state index in [2.05, 4.69) is 0 Å². The maximum Gasteiger partial charge on any atom is 0.263 e. The predicted molar refractivity (Wildman–Crippen MR) is 71.0 cm³/mol. The largest absolute Gasteiger partial charge is 0.481 e. The zero-order valence-electron chi connectivity index (χ0n) is 10.8. The Morgan fingerprint density at radius 1 is 1.56 bits per heavy atom. The molecule has 0 saturated heterocycles. The molecule has 1 atom stereocenters. The fourth-order valence-electron chi connectivity index (χ4n) is 1.56. The SMILES string of the molecule is Cc1cc(Cl)ccc1OC(C)C(=O)N(C)CCO. The van der Waals surface area contributed by atoms with Crippen molar-refractivity contribution in [1.82, 2.24) is 4.90 Å². The van der Waals surface area contributed by atoms with Crippen LogP contribution in [0.2, 0.25) is 5.02 Å². The molecule has 0 spiro atoms. The molecule has 100 valence electrons. The van der Waals surface area contributed by atoms with Crippen LogP contribution >= 0.6 is 11.6 Å². The van der Waals surface area contributed by atoms with Crippen molar-refractivity contribution in [2.24, 2.45) is 0 Å². The van der Waals surface area contributed by atoms with E-state index >= 15 is 0 Å². The van der Waals surface area contributed by atoms with Crippen molar-refractivity contribution in [3.05, 3.63) is 28.8 Å². The molecule has 0 aliphatic heterocycles. The van der Waals surface area contributed by atoms with Crippen molar-refractivity contribution in [2.75, 3.05) is 20.2 Å². The quantitative estimate of drug-likeness (QED) is 0.889. The molecule has 1 unspecified atom stereocenters. The number of ether oxygens (including phenoxy) is 1. The van der Waals surface area contributed by atoms with Crippen LogP contribution in [0.3, 0.4) is 0 Å². The Bertz CT molecular complexity index is 423. The summed E-state index contributed by atoms with van der Waals surface area (Å²) in [6, 6.07) is 5.25. The van der Waals surface area contributed by atoms with Crippen LogP contribution in [0, 0.1) is 6.92 Å². The molecule has 1 rings (SSSR count). The number of carbonyl (C=O) groups excluding carboxylic acids is 1. The van der Waals surface area contributed by atoms with E-state index in [0.717, 1.165) is 5.56 Å². The summed E-state index contributed by atoms with van der Waals surface area (Å²) in [5, 5.41) is 9.42. The Labute approximate surface area is 112 Å². The lowest BCUT2D eigenvalue weighted by Gasteiger charge is -2.22. The first-order chi connectivity index (χ1) is 8.45. The number of rotatable bonds is 5. The Hall–Kier alpha value is -1.26. The van der Waals surface area contributed by atoms with Gasteiger partial charge in [-0.3, -0.25) is 4.79 Å². The van der Waals surface area contributed by atoms with Gasteiger partial charge in [-0.1, -0.05) is 11.6 Å². The smallest absolute Gasteiger partial charge is 0.263 e. The monoisotopic (exact) mass is 271 g/mol. The summed E-state index contributed by atoms with van der Waals surface area (Å²) in [4.78, 5) is 13.3. The number of aliphatic hydroxyl groups excluding tert-OH is 1. The van der Waals surface area contributed by atoms with Crippen molar-refractivity contribution >= 4 is 17.5 Å². The molecular formula is C13H18ClNO3. The van der Waals surface area contributed by atoms with Gasteiger partial charge in [0.2, 0.25) is 0 Å². The minimum atomic E-state index is -0.596. The third kappa shape index (κ3) is 3.89. The summed E-state index contributed by atoms with van der Waals surface area (Å²) in [5.41, 5.74) is 0.881. The number of nitrogens with zero attached hydrogens (tertiary/aromatic N) is 1. The molecule has 1 aromatic carbocycles. The molecule has 0 aliphatic rings. The zero-order valence-corrected chi connectivity index (χ0v) is 11.6. The molecule has 0 fully saturated rings. The number of hydrogen-bond acceptors (Lipinski definition) is 3. The molecule has 0 radical (unpaired) electrons. The van der Waals surface area contributed by atoms with E-state index < -0.39 is 6.10 Å². The van der Waals surface area contributed by atoms with Crippen LogP contribution in [0.5, 0.6) is 5.75 Å². The van der Waals surface area contributed by atoms with Crippen molar-refractivity contribution in [2.45, 2.75) is 20.0 Å². The third-order valence-corrected chi connectivity index (χ3v) is 2.84. The highest BCUT2D eigenvalue weighted by molar-refractivity contribution is 6.30. The molecule has 1 amide bonds. The number of aryl methyl sites for hydroxylation is 1. The van der Waals surface area contributed by atoms with E-state index in [1.807, 2.05) is 6.92 Å². The number of likely N-dealkylation sites (N-methyl/N-ethyl adjacent to an activating group) is 1. The molecule has 0 bridgehead atoms. The summed E-state index contributed by atoms with van der Waals surface area (Å²) in [6.07, 6.45) is -0.596. The average Bonchev–Trinajstić information content (AvgIpc) is 2.32. The van der Waals surface area contributed by atoms with E-state index in [1.54, 1.807) is 32.2 Å². The van der Waals surface area contributed by atoms with Gasteiger partial charge in [-0.2, -0.15) is 0 Å². The Morgan fingerprint density at radius 3 is 2.78 bits per heavy atom. The molecule has 0 saturated carbocycles. The van der Waals surface area contributed by atoms with Crippen LogP contribution < -0.4 is 4.74 Å². The number of benzene rings is 1. The van der Waals surface area contributed by atoms with Gasteiger partial charge < -0.3 is 14.7 Å². The van der Waals surface area contributed by atoms with Gasteiger partial charge in [-0.05, 0) is 37.6 Å². The van der Waals surface area contributed by atoms with Crippen molar-refractivity contribution in [3.8, 4) is 5.75 Å². The second kappa shape index (κ2) is 6.61. The summed E-state index contributed by atoms with van der Waals surface area (Å²) in [7, 11) is 1.63. The maximum atomic E-state index is 11.9. The third-order valence-electron chi connectivity index (χ3n) is 2.60. The molecule has 18 heavy (non-hydrogen) atoms. The van der Waals surface area contributed by atoms with Crippen LogP contribution in [-0.4, -0.2) is 42.2 Å². The van der Waals surface area contributed by atoms with Crippen LogP contribution in [-0.2, 0) is 4.79 Å². The summed E-state index contributed by atoms with van der Waals surface area (Å²) in [6.45, 7) is 3.79. The number of carbonyl (C=O) groups is 1. The maximum absolute atomic E-state index is 11.9. The predicted octanol–water partition coefficient (Wildman–Crippen LogP) is 1.87. The van der Waals surface area contributed by atoms with Gasteiger partial charge in [0.25, 0.3) is 5.91 Å². The zero-order chi connectivity index (χ0) is 13.7. The topological polar surface area (TPSA) is 49.8 Å². The van der Waals surface area contributed by atoms with Gasteiger partial charge in [0.15, 0.2) is 6.10 Å². The molecule has 1 aromatic rings. The van der Waals surface area contributed by atoms with Gasteiger partial charge in [-0.15, -0.1) is 0 Å². The highest BCUT2D eigenvalue weighted by atomic mass is 35.5. The van der Waals surface area contributed by atoms with Crippen LogP contribution in [0.15, 0.2) is 18.2 Å². The molecule has 0 heterocycles. The number of hydrogen-bond donors (Lipinski definition) is 1. The minimum absolute atomic E-state index is 0.0606. The van der Waals surface area contributed by atoms with E-state index in [0.29, 0.717) is 17.3 Å². The second-order valence-electron chi connectivity index (χ2n) is 4.15. The first-order valence-corrected chi connectivity index (χ1v) is 6.12. The van der Waals surface area contributed by atoms with Crippen molar-refractivity contribution in [1.29, 1.82) is 0 Å². The average molecular weight is 272 g/mol. The lowest BCUT2D eigenvalue weighted by Crippen LogP contribution is -2.39. The Kier molecular flexibility index (Phi) is 5.44. The number of halogens is 1. The highest BCUT2D eigenvalue weighted by Crippen LogP contribution is 2.23. The fraction of sp³-hybridized carbons (Fsp3) is 0.462.